The van der Waals surface area contributed by atoms with Crippen molar-refractivity contribution < 1.29 is 14.4 Å². The third-order valence-corrected chi connectivity index (χ3v) is 6.60. The van der Waals surface area contributed by atoms with Gasteiger partial charge in [-0.25, -0.2) is 0 Å². The van der Waals surface area contributed by atoms with E-state index in [9.17, 15) is 14.4 Å². The Morgan fingerprint density at radius 2 is 1.52 bits per heavy atom. The van der Waals surface area contributed by atoms with E-state index in [1.807, 2.05) is 30.3 Å². The third kappa shape index (κ3) is 4.55. The molecule has 0 unspecified atom stereocenters. The minimum atomic E-state index is -0.359. The van der Waals surface area contributed by atoms with Gasteiger partial charge in [-0.15, -0.1) is 0 Å². The summed E-state index contributed by atoms with van der Waals surface area (Å²) in [5.41, 5.74) is 0.896. The molecule has 1 atom stereocenters. The van der Waals surface area contributed by atoms with Crippen molar-refractivity contribution in [3.05, 3.63) is 65.7 Å². The van der Waals surface area contributed by atoms with Crippen LogP contribution in [0.1, 0.15) is 59.7 Å². The number of carbonyl (C=O) groups is 3. The van der Waals surface area contributed by atoms with Crippen LogP contribution in [0.5, 0.6) is 0 Å². The fraction of sp³-hybridized carbons (Fsp3) is 0.318. The molecule has 140 valence electrons. The van der Waals surface area contributed by atoms with Crippen LogP contribution in [0.4, 0.5) is 0 Å². The van der Waals surface area contributed by atoms with Crippen molar-refractivity contribution in [2.75, 3.05) is 0 Å². The second-order valence-corrected chi connectivity index (χ2v) is 9.04. The van der Waals surface area contributed by atoms with Gasteiger partial charge in [-0.2, -0.15) is 0 Å². The van der Waals surface area contributed by atoms with Crippen molar-refractivity contribution in [1.29, 1.82) is 0 Å². The van der Waals surface area contributed by atoms with Gasteiger partial charge in [0.1, 0.15) is 0 Å². The van der Waals surface area contributed by atoms with Crippen LogP contribution in [0.15, 0.2) is 54.6 Å². The van der Waals surface area contributed by atoms with E-state index in [1.54, 1.807) is 24.3 Å². The van der Waals surface area contributed by atoms with Gasteiger partial charge in [0.05, 0.1) is 0 Å². The Hall–Kier alpha value is -2.23. The average molecular weight is 428 g/mol. The van der Waals surface area contributed by atoms with Crippen LogP contribution in [0, 0.1) is 0 Å². The van der Waals surface area contributed by atoms with E-state index < -0.39 is 0 Å². The Morgan fingerprint density at radius 3 is 2.11 bits per heavy atom. The molecule has 1 aliphatic rings. The molecule has 2 aromatic carbocycles. The summed E-state index contributed by atoms with van der Waals surface area (Å²) in [5.74, 6) is -0.533. The van der Waals surface area contributed by atoms with E-state index in [-0.39, 0.29) is 43.9 Å². The van der Waals surface area contributed by atoms with Crippen molar-refractivity contribution >= 4 is 35.9 Å². The van der Waals surface area contributed by atoms with Gasteiger partial charge in [0.2, 0.25) is 0 Å². The Balaban J connectivity index is 1.76. The Labute approximate surface area is 166 Å². The van der Waals surface area contributed by atoms with Crippen LogP contribution in [-0.4, -0.2) is 42.4 Å². The molecule has 27 heavy (non-hydrogen) atoms. The normalized spacial score (nSPS) is 14.3. The summed E-state index contributed by atoms with van der Waals surface area (Å²) in [6.45, 7) is 2.11. The Morgan fingerprint density at radius 1 is 0.926 bits per heavy atom. The topological polar surface area (TPSA) is 54.5 Å². The fourth-order valence-corrected chi connectivity index (χ4v) is 5.09. The minimum absolute atomic E-state index is 0.117. The second kappa shape index (κ2) is 9.11. The van der Waals surface area contributed by atoms with Crippen LogP contribution in [0.25, 0.3) is 0 Å². The van der Waals surface area contributed by atoms with E-state index >= 15 is 0 Å². The molecule has 0 aromatic heterocycles. The van der Waals surface area contributed by atoms with Gasteiger partial charge >= 0.3 is 166 Å². The van der Waals surface area contributed by atoms with Gasteiger partial charge in [-0.1, -0.05) is 0 Å². The molecule has 2 aromatic rings. The summed E-state index contributed by atoms with van der Waals surface area (Å²) in [6, 6.07) is 16.2. The molecule has 0 saturated heterocycles. The predicted octanol–water partition coefficient (Wildman–Crippen LogP) is 3.18. The first kappa shape index (κ1) is 19.5. The molecule has 5 heteroatoms. The first-order valence-electron chi connectivity index (χ1n) is 9.34. The quantitative estimate of drug-likeness (QED) is 0.350. The van der Waals surface area contributed by atoms with Crippen molar-refractivity contribution in [3.63, 3.8) is 0 Å². The number of amides is 2. The molecule has 1 heterocycles. The molecule has 1 aliphatic heterocycles. The average Bonchev–Trinajstić information content (AvgIpc) is 2.93. The fourth-order valence-electron chi connectivity index (χ4n) is 3.35. The zero-order valence-electron chi connectivity index (χ0n) is 15.4. The third-order valence-electron chi connectivity index (χ3n) is 4.71. The van der Waals surface area contributed by atoms with Gasteiger partial charge in [-0.3, -0.25) is 0 Å². The Kier molecular flexibility index (Phi) is 6.59. The van der Waals surface area contributed by atoms with E-state index in [4.69, 9.17) is 0 Å². The first-order chi connectivity index (χ1) is 13.1. The van der Waals surface area contributed by atoms with Crippen molar-refractivity contribution in [1.82, 2.24) is 4.90 Å². The zero-order valence-corrected chi connectivity index (χ0v) is 17.1. The standard InChI is InChI=1S/C22H23NO3Se/c1-2-3-5-10-16(15-20(24)27-17-11-6-4-7-12-17)23-21(25)18-13-8-9-14-19(18)22(23)26/h4,6-9,11-14,16H,2-3,5,10,15H2,1H3/t16-/m1/s1. The van der Waals surface area contributed by atoms with Crippen LogP contribution in [0.3, 0.4) is 0 Å². The van der Waals surface area contributed by atoms with E-state index in [0.717, 1.165) is 23.7 Å². The molecule has 0 saturated carbocycles. The van der Waals surface area contributed by atoms with E-state index in [0.29, 0.717) is 17.5 Å². The molecule has 4 nitrogen and oxygen atoms in total. The summed E-state index contributed by atoms with van der Waals surface area (Å²) in [5, 5.41) is 0. The summed E-state index contributed by atoms with van der Waals surface area (Å²) in [4.78, 5) is 39.6. The molecule has 0 spiro atoms. The number of imide groups is 1. The summed E-state index contributed by atoms with van der Waals surface area (Å²) in [7, 11) is 0. The van der Waals surface area contributed by atoms with Crippen LogP contribution in [0.2, 0.25) is 0 Å². The van der Waals surface area contributed by atoms with Gasteiger partial charge in [0, 0.05) is 0 Å². The summed E-state index contributed by atoms with van der Waals surface area (Å²) < 4.78 is 1.14. The summed E-state index contributed by atoms with van der Waals surface area (Å²) in [6.07, 6.45) is 3.90. The van der Waals surface area contributed by atoms with Gasteiger partial charge in [0.15, 0.2) is 0 Å². The molecule has 0 aliphatic carbocycles. The monoisotopic (exact) mass is 429 g/mol. The van der Waals surface area contributed by atoms with Crippen LogP contribution in [-0.2, 0) is 4.79 Å². The maximum absolute atomic E-state index is 12.8. The van der Waals surface area contributed by atoms with E-state index in [2.05, 4.69) is 6.92 Å². The number of unbranched alkanes of at least 4 members (excludes halogenated alkanes) is 2. The second-order valence-electron chi connectivity index (χ2n) is 6.67. The van der Waals surface area contributed by atoms with Crippen molar-refractivity contribution in [2.24, 2.45) is 0 Å². The molecule has 2 amide bonds. The molecule has 0 N–H and O–H groups in total. The maximum atomic E-state index is 12.8. The number of hydrogen-bond donors (Lipinski definition) is 0. The number of rotatable bonds is 9. The number of hydrogen-bond acceptors (Lipinski definition) is 3. The van der Waals surface area contributed by atoms with E-state index in [1.165, 1.54) is 4.90 Å². The first-order valence-corrected chi connectivity index (χ1v) is 11.1. The molecule has 0 radical (unpaired) electrons. The number of nitrogens with zero attached hydrogens (tertiary/aromatic N) is 1. The molecular weight excluding hydrogens is 405 g/mol. The molecule has 3 rings (SSSR count). The molecule has 0 bridgehead atoms. The summed E-state index contributed by atoms with van der Waals surface area (Å²) >= 11 is -0.303. The number of carbonyl (C=O) groups excluding carboxylic acids is 3. The number of benzene rings is 2. The van der Waals surface area contributed by atoms with Crippen LogP contribution >= 0.6 is 0 Å². The zero-order chi connectivity index (χ0) is 19.2. The van der Waals surface area contributed by atoms with Gasteiger partial charge < -0.3 is 0 Å². The van der Waals surface area contributed by atoms with Crippen molar-refractivity contribution in [2.45, 2.75) is 45.1 Å². The van der Waals surface area contributed by atoms with Gasteiger partial charge in [0.25, 0.3) is 0 Å². The number of fused-ring (bicyclic) bond motifs is 1. The predicted molar refractivity (Wildman–Crippen MR) is 106 cm³/mol. The van der Waals surface area contributed by atoms with Gasteiger partial charge in [-0.05, 0) is 0 Å². The van der Waals surface area contributed by atoms with Crippen LogP contribution < -0.4 is 4.46 Å². The molecular formula is C22H23NO3Se. The van der Waals surface area contributed by atoms with Crippen molar-refractivity contribution in [3.8, 4) is 0 Å². The molecule has 0 fully saturated rings. The SMILES string of the molecule is CCCCC[C@H](CC(=O)[Se]c1ccccc1)N1C(=O)c2ccccc2C1=O. The Bertz CT molecular complexity index is 799.